The van der Waals surface area contributed by atoms with Gasteiger partial charge in [0, 0.05) is 16.7 Å². The summed E-state index contributed by atoms with van der Waals surface area (Å²) < 4.78 is 0.868. The van der Waals surface area contributed by atoms with Crippen molar-refractivity contribution in [3.8, 4) is 6.07 Å². The lowest BCUT2D eigenvalue weighted by Crippen LogP contribution is -2.09. The van der Waals surface area contributed by atoms with Gasteiger partial charge >= 0.3 is 0 Å². The van der Waals surface area contributed by atoms with Crippen molar-refractivity contribution in [2.24, 2.45) is 0 Å². The predicted molar refractivity (Wildman–Crippen MR) is 63.6 cm³/mol. The Morgan fingerprint density at radius 3 is 2.87 bits per heavy atom. The van der Waals surface area contributed by atoms with E-state index in [1.54, 1.807) is 19.1 Å². The molecular weight excluding hydrogens is 256 g/mol. The summed E-state index contributed by atoms with van der Waals surface area (Å²) >= 11 is 3.38. The Bertz CT molecular complexity index is 371. The van der Waals surface area contributed by atoms with Crippen molar-refractivity contribution < 1.29 is 5.11 Å². The Balaban J connectivity index is 2.59. The van der Waals surface area contributed by atoms with Gasteiger partial charge in [0.1, 0.15) is 0 Å². The van der Waals surface area contributed by atoms with Gasteiger partial charge in [-0.25, -0.2) is 0 Å². The first-order valence-electron chi connectivity index (χ1n) is 4.75. The highest BCUT2D eigenvalue weighted by Gasteiger charge is 2.01. The average Bonchev–Trinajstić information content (AvgIpc) is 2.20. The normalized spacial score (nSPS) is 11.9. The van der Waals surface area contributed by atoms with E-state index in [0.717, 1.165) is 10.2 Å². The van der Waals surface area contributed by atoms with Crippen LogP contribution in [0.1, 0.15) is 18.9 Å². The summed E-state index contributed by atoms with van der Waals surface area (Å²) in [5, 5.41) is 20.9. The van der Waals surface area contributed by atoms with E-state index in [1.165, 1.54) is 0 Å². The second-order valence-corrected chi connectivity index (χ2v) is 4.23. The van der Waals surface area contributed by atoms with Crippen molar-refractivity contribution in [3.05, 3.63) is 28.2 Å². The highest BCUT2D eigenvalue weighted by molar-refractivity contribution is 9.10. The molecule has 80 valence electrons. The molecule has 4 heteroatoms. The zero-order valence-electron chi connectivity index (χ0n) is 8.50. The van der Waals surface area contributed by atoms with E-state index >= 15 is 0 Å². The molecule has 1 rings (SSSR count). The van der Waals surface area contributed by atoms with Crippen molar-refractivity contribution in [1.29, 1.82) is 5.26 Å². The molecule has 0 aromatic heterocycles. The summed E-state index contributed by atoms with van der Waals surface area (Å²) in [7, 11) is 0. The molecule has 2 N–H and O–H groups in total. The second-order valence-electron chi connectivity index (χ2n) is 3.37. The molecule has 0 heterocycles. The van der Waals surface area contributed by atoms with Gasteiger partial charge in [-0.05, 0) is 47.5 Å². The molecule has 0 fully saturated rings. The summed E-state index contributed by atoms with van der Waals surface area (Å²) in [4.78, 5) is 0. The van der Waals surface area contributed by atoms with E-state index in [4.69, 9.17) is 10.4 Å². The number of aliphatic hydroxyl groups excluding tert-OH is 1. The molecule has 0 bridgehead atoms. The van der Waals surface area contributed by atoms with Gasteiger partial charge in [0.25, 0.3) is 0 Å². The zero-order chi connectivity index (χ0) is 11.3. The van der Waals surface area contributed by atoms with Crippen LogP contribution < -0.4 is 5.32 Å². The van der Waals surface area contributed by atoms with E-state index in [0.29, 0.717) is 18.5 Å². The van der Waals surface area contributed by atoms with Crippen LogP contribution in [-0.4, -0.2) is 17.8 Å². The van der Waals surface area contributed by atoms with Gasteiger partial charge in [-0.2, -0.15) is 5.26 Å². The first-order valence-corrected chi connectivity index (χ1v) is 5.54. The van der Waals surface area contributed by atoms with Crippen LogP contribution in [0.4, 0.5) is 5.69 Å². The van der Waals surface area contributed by atoms with Crippen LogP contribution in [0.5, 0.6) is 0 Å². The second kappa shape index (κ2) is 5.74. The van der Waals surface area contributed by atoms with Crippen molar-refractivity contribution in [2.45, 2.75) is 19.4 Å². The fourth-order valence-corrected chi connectivity index (χ4v) is 1.66. The highest BCUT2D eigenvalue weighted by Crippen LogP contribution is 2.23. The van der Waals surface area contributed by atoms with Gasteiger partial charge in [-0.1, -0.05) is 0 Å². The minimum atomic E-state index is -0.297. The smallest absolute Gasteiger partial charge is 0.0992 e. The van der Waals surface area contributed by atoms with Crippen LogP contribution in [0.25, 0.3) is 0 Å². The van der Waals surface area contributed by atoms with Crippen LogP contribution in [-0.2, 0) is 0 Å². The number of aliphatic hydroxyl groups is 1. The molecule has 1 aromatic carbocycles. The average molecular weight is 269 g/mol. The molecule has 0 radical (unpaired) electrons. The van der Waals surface area contributed by atoms with E-state index in [9.17, 15) is 0 Å². The van der Waals surface area contributed by atoms with Crippen LogP contribution in [0, 0.1) is 11.3 Å². The standard InChI is InChI=1S/C11H13BrN2O/c1-8(15)4-5-14-11-3-2-9(7-13)6-10(11)12/h2-3,6,8,14-15H,4-5H2,1H3. The molecule has 0 amide bonds. The fourth-order valence-electron chi connectivity index (χ4n) is 1.14. The molecule has 0 saturated carbocycles. The minimum Gasteiger partial charge on any atom is -0.393 e. The number of hydrogen-bond acceptors (Lipinski definition) is 3. The first-order chi connectivity index (χ1) is 7.13. The molecule has 1 unspecified atom stereocenters. The maximum atomic E-state index is 9.09. The predicted octanol–water partition coefficient (Wildman–Crippen LogP) is 2.50. The molecule has 1 atom stereocenters. The van der Waals surface area contributed by atoms with Crippen molar-refractivity contribution >= 4 is 21.6 Å². The summed E-state index contributed by atoms with van der Waals surface area (Å²) in [5.41, 5.74) is 1.57. The van der Waals surface area contributed by atoms with Gasteiger partial charge in [-0.3, -0.25) is 0 Å². The Kier molecular flexibility index (Phi) is 4.60. The lowest BCUT2D eigenvalue weighted by molar-refractivity contribution is 0.189. The van der Waals surface area contributed by atoms with Gasteiger partial charge in [0.05, 0.1) is 17.7 Å². The maximum Gasteiger partial charge on any atom is 0.0992 e. The number of benzene rings is 1. The summed E-state index contributed by atoms with van der Waals surface area (Å²) in [6, 6.07) is 7.45. The van der Waals surface area contributed by atoms with Crippen LogP contribution >= 0.6 is 15.9 Å². The quantitative estimate of drug-likeness (QED) is 0.883. The van der Waals surface area contributed by atoms with E-state index in [2.05, 4.69) is 27.3 Å². The summed E-state index contributed by atoms with van der Waals surface area (Å²) in [6.07, 6.45) is 0.404. The maximum absolute atomic E-state index is 9.09. The molecule has 0 aliphatic rings. The van der Waals surface area contributed by atoms with Crippen molar-refractivity contribution in [2.75, 3.05) is 11.9 Å². The molecule has 0 aliphatic carbocycles. The number of rotatable bonds is 4. The Morgan fingerprint density at radius 2 is 2.33 bits per heavy atom. The zero-order valence-corrected chi connectivity index (χ0v) is 10.1. The van der Waals surface area contributed by atoms with Crippen LogP contribution in [0.3, 0.4) is 0 Å². The monoisotopic (exact) mass is 268 g/mol. The Labute approximate surface area is 97.9 Å². The fraction of sp³-hybridized carbons (Fsp3) is 0.364. The third-order valence-electron chi connectivity index (χ3n) is 1.98. The minimum absolute atomic E-state index is 0.297. The Morgan fingerprint density at radius 1 is 1.60 bits per heavy atom. The van der Waals surface area contributed by atoms with Gasteiger partial charge in [0.2, 0.25) is 0 Å². The van der Waals surface area contributed by atoms with Gasteiger partial charge in [0.15, 0.2) is 0 Å². The van der Waals surface area contributed by atoms with E-state index in [1.807, 2.05) is 6.07 Å². The van der Waals surface area contributed by atoms with Crippen LogP contribution in [0.2, 0.25) is 0 Å². The molecule has 15 heavy (non-hydrogen) atoms. The van der Waals surface area contributed by atoms with Gasteiger partial charge in [-0.15, -0.1) is 0 Å². The number of nitrogens with one attached hydrogen (secondary N) is 1. The molecule has 0 saturated heterocycles. The number of hydrogen-bond donors (Lipinski definition) is 2. The lowest BCUT2D eigenvalue weighted by Gasteiger charge is -2.09. The molecule has 3 nitrogen and oxygen atoms in total. The molecule has 0 spiro atoms. The third-order valence-corrected chi connectivity index (χ3v) is 2.63. The molecular formula is C11H13BrN2O. The van der Waals surface area contributed by atoms with Gasteiger partial charge < -0.3 is 10.4 Å². The topological polar surface area (TPSA) is 56.0 Å². The van der Waals surface area contributed by atoms with E-state index in [-0.39, 0.29) is 6.10 Å². The molecule has 0 aliphatic heterocycles. The van der Waals surface area contributed by atoms with Crippen molar-refractivity contribution in [3.63, 3.8) is 0 Å². The number of nitriles is 1. The third kappa shape index (κ3) is 3.90. The van der Waals surface area contributed by atoms with E-state index < -0.39 is 0 Å². The number of nitrogens with zero attached hydrogens (tertiary/aromatic N) is 1. The highest BCUT2D eigenvalue weighted by atomic mass is 79.9. The number of anilines is 1. The summed E-state index contributed by atoms with van der Waals surface area (Å²) in [5.74, 6) is 0. The lowest BCUT2D eigenvalue weighted by atomic mass is 10.2. The first kappa shape index (κ1) is 12.0. The SMILES string of the molecule is CC(O)CCNc1ccc(C#N)cc1Br. The largest absolute Gasteiger partial charge is 0.393 e. The van der Waals surface area contributed by atoms with Crippen molar-refractivity contribution in [1.82, 2.24) is 0 Å². The Hall–Kier alpha value is -1.05. The summed E-state index contributed by atoms with van der Waals surface area (Å²) in [6.45, 7) is 2.47. The molecule has 1 aromatic rings. The number of halogens is 1. The van der Waals surface area contributed by atoms with Crippen LogP contribution in [0.15, 0.2) is 22.7 Å².